The van der Waals surface area contributed by atoms with E-state index in [1.807, 2.05) is 0 Å². The van der Waals surface area contributed by atoms with Gasteiger partial charge in [-0.15, -0.1) is 11.8 Å². The lowest BCUT2D eigenvalue weighted by atomic mass is 10.2. The highest BCUT2D eigenvalue weighted by atomic mass is 32.2. The molecule has 0 aliphatic heterocycles. The van der Waals surface area contributed by atoms with Gasteiger partial charge in [-0.1, -0.05) is 12.1 Å². The first kappa shape index (κ1) is 20.2. The standard InChI is InChI=1S/C17H17N3O6S/c1-11-3-5-13(19(22)23)8-14(11)18-17(21)10-27-9-12-4-6-16(26-2)15(7-12)20(24)25/h3-8H,9-10H2,1-2H3,(H,18,21). The number of methoxy groups -OCH3 is 1. The van der Waals surface area contributed by atoms with Crippen LogP contribution in [0.25, 0.3) is 0 Å². The maximum Gasteiger partial charge on any atom is 0.311 e. The van der Waals surface area contributed by atoms with Crippen LogP contribution in [0.4, 0.5) is 17.1 Å². The van der Waals surface area contributed by atoms with Gasteiger partial charge in [0, 0.05) is 24.0 Å². The Hall–Kier alpha value is -3.14. The summed E-state index contributed by atoms with van der Waals surface area (Å²) in [6.45, 7) is 1.74. The number of nitro groups is 2. The summed E-state index contributed by atoms with van der Waals surface area (Å²) in [4.78, 5) is 32.9. The number of hydrogen-bond acceptors (Lipinski definition) is 7. The smallest absolute Gasteiger partial charge is 0.311 e. The molecule has 10 heteroatoms. The van der Waals surface area contributed by atoms with Crippen LogP contribution in [0.2, 0.25) is 0 Å². The Kier molecular flexibility index (Phi) is 6.72. The van der Waals surface area contributed by atoms with E-state index in [-0.39, 0.29) is 28.8 Å². The molecule has 0 unspecified atom stereocenters. The van der Waals surface area contributed by atoms with Crippen LogP contribution < -0.4 is 10.1 Å². The van der Waals surface area contributed by atoms with Crippen molar-refractivity contribution in [1.29, 1.82) is 0 Å². The SMILES string of the molecule is COc1ccc(CSCC(=O)Nc2cc([N+](=O)[O-])ccc2C)cc1[N+](=O)[O-]. The molecule has 0 heterocycles. The highest BCUT2D eigenvalue weighted by molar-refractivity contribution is 7.99. The minimum absolute atomic E-state index is 0.0992. The van der Waals surface area contributed by atoms with Gasteiger partial charge in [-0.25, -0.2) is 0 Å². The molecule has 0 radical (unpaired) electrons. The first-order chi connectivity index (χ1) is 12.8. The second-order valence-corrected chi connectivity index (χ2v) is 6.55. The fourth-order valence-corrected chi connectivity index (χ4v) is 3.05. The Balaban J connectivity index is 1.95. The Labute approximate surface area is 159 Å². The summed E-state index contributed by atoms with van der Waals surface area (Å²) in [5, 5.41) is 24.5. The third kappa shape index (κ3) is 5.42. The fraction of sp³-hybridized carbons (Fsp3) is 0.235. The molecule has 0 aliphatic rings. The number of aryl methyl sites for hydroxylation is 1. The fourth-order valence-electron chi connectivity index (χ4n) is 2.27. The first-order valence-corrected chi connectivity index (χ1v) is 8.91. The number of nitrogens with zero attached hydrogens (tertiary/aromatic N) is 2. The van der Waals surface area contributed by atoms with Gasteiger partial charge >= 0.3 is 5.69 Å². The molecule has 0 saturated carbocycles. The lowest BCUT2D eigenvalue weighted by molar-refractivity contribution is -0.385. The van der Waals surface area contributed by atoms with Gasteiger partial charge in [-0.2, -0.15) is 0 Å². The summed E-state index contributed by atoms with van der Waals surface area (Å²) in [5.41, 5.74) is 1.55. The molecular formula is C17H17N3O6S. The highest BCUT2D eigenvalue weighted by Gasteiger charge is 2.15. The van der Waals surface area contributed by atoms with E-state index < -0.39 is 9.85 Å². The molecule has 2 rings (SSSR count). The van der Waals surface area contributed by atoms with Crippen LogP contribution in [0.15, 0.2) is 36.4 Å². The molecule has 1 amide bonds. The lowest BCUT2D eigenvalue weighted by Gasteiger charge is -2.08. The second kappa shape index (κ2) is 8.99. The van der Waals surface area contributed by atoms with Crippen LogP contribution in [0.3, 0.4) is 0 Å². The van der Waals surface area contributed by atoms with Crippen molar-refractivity contribution in [3.63, 3.8) is 0 Å². The van der Waals surface area contributed by atoms with Crippen molar-refractivity contribution in [2.24, 2.45) is 0 Å². The van der Waals surface area contributed by atoms with Crippen LogP contribution in [-0.2, 0) is 10.5 Å². The monoisotopic (exact) mass is 391 g/mol. The van der Waals surface area contributed by atoms with Gasteiger partial charge in [0.2, 0.25) is 5.91 Å². The molecule has 0 fully saturated rings. The van der Waals surface area contributed by atoms with E-state index in [0.29, 0.717) is 22.6 Å². The van der Waals surface area contributed by atoms with Crippen molar-refractivity contribution in [1.82, 2.24) is 0 Å². The largest absolute Gasteiger partial charge is 0.490 e. The summed E-state index contributed by atoms with van der Waals surface area (Å²) >= 11 is 1.27. The summed E-state index contributed by atoms with van der Waals surface area (Å²) in [6, 6.07) is 8.87. The molecule has 1 N–H and O–H groups in total. The Morgan fingerprint density at radius 1 is 1.15 bits per heavy atom. The van der Waals surface area contributed by atoms with Crippen molar-refractivity contribution >= 4 is 34.7 Å². The molecule has 0 atom stereocenters. The zero-order valence-corrected chi connectivity index (χ0v) is 15.4. The van der Waals surface area contributed by atoms with Crippen molar-refractivity contribution in [2.75, 3.05) is 18.2 Å². The number of nitrogens with one attached hydrogen (secondary N) is 1. The molecule has 0 aromatic heterocycles. The van der Waals surface area contributed by atoms with Gasteiger partial charge in [0.1, 0.15) is 0 Å². The number of nitro benzene ring substituents is 2. The summed E-state index contributed by atoms with van der Waals surface area (Å²) in [5.74, 6) is 0.355. The number of anilines is 1. The molecule has 142 valence electrons. The Morgan fingerprint density at radius 2 is 1.89 bits per heavy atom. The van der Waals surface area contributed by atoms with E-state index in [0.717, 1.165) is 0 Å². The third-order valence-electron chi connectivity index (χ3n) is 3.65. The van der Waals surface area contributed by atoms with Crippen LogP contribution in [0.1, 0.15) is 11.1 Å². The van der Waals surface area contributed by atoms with Gasteiger partial charge in [0.15, 0.2) is 5.75 Å². The van der Waals surface area contributed by atoms with Crippen molar-refractivity contribution in [2.45, 2.75) is 12.7 Å². The van der Waals surface area contributed by atoms with E-state index in [4.69, 9.17) is 4.74 Å². The van der Waals surface area contributed by atoms with Crippen LogP contribution >= 0.6 is 11.8 Å². The number of carbonyl (C=O) groups excluding carboxylic acids is 1. The molecule has 0 aliphatic carbocycles. The predicted molar refractivity (Wildman–Crippen MR) is 102 cm³/mol. The molecule has 0 spiro atoms. The quantitative estimate of drug-likeness (QED) is 0.537. The van der Waals surface area contributed by atoms with Crippen molar-refractivity contribution in [3.8, 4) is 5.75 Å². The van der Waals surface area contributed by atoms with Gasteiger partial charge in [-0.3, -0.25) is 25.0 Å². The Morgan fingerprint density at radius 3 is 2.52 bits per heavy atom. The maximum absolute atomic E-state index is 12.1. The number of ether oxygens (including phenoxy) is 1. The molecular weight excluding hydrogens is 374 g/mol. The van der Waals surface area contributed by atoms with Gasteiger partial charge in [0.05, 0.1) is 28.4 Å². The number of amides is 1. The number of rotatable bonds is 8. The van der Waals surface area contributed by atoms with Gasteiger partial charge < -0.3 is 10.1 Å². The zero-order chi connectivity index (χ0) is 20.0. The van der Waals surface area contributed by atoms with Crippen LogP contribution in [0, 0.1) is 27.2 Å². The third-order valence-corrected chi connectivity index (χ3v) is 4.65. The Bertz CT molecular complexity index is 887. The topological polar surface area (TPSA) is 125 Å². The predicted octanol–water partition coefficient (Wildman–Crippen LogP) is 3.69. The van der Waals surface area contributed by atoms with E-state index in [9.17, 15) is 25.0 Å². The normalized spacial score (nSPS) is 10.3. The molecule has 2 aromatic carbocycles. The van der Waals surface area contributed by atoms with E-state index in [1.165, 1.54) is 43.1 Å². The number of carbonyl (C=O) groups is 1. The van der Waals surface area contributed by atoms with Crippen molar-refractivity contribution < 1.29 is 19.4 Å². The van der Waals surface area contributed by atoms with Gasteiger partial charge in [-0.05, 0) is 24.1 Å². The molecule has 2 aromatic rings. The van der Waals surface area contributed by atoms with Gasteiger partial charge in [0.25, 0.3) is 5.69 Å². The zero-order valence-electron chi connectivity index (χ0n) is 14.6. The van der Waals surface area contributed by atoms with E-state index in [2.05, 4.69) is 5.32 Å². The van der Waals surface area contributed by atoms with Crippen LogP contribution in [0.5, 0.6) is 5.75 Å². The average Bonchev–Trinajstić information content (AvgIpc) is 2.63. The molecule has 9 nitrogen and oxygen atoms in total. The average molecular weight is 391 g/mol. The number of non-ortho nitro benzene ring substituents is 1. The van der Waals surface area contributed by atoms with Crippen LogP contribution in [-0.4, -0.2) is 28.6 Å². The van der Waals surface area contributed by atoms with Crippen molar-refractivity contribution in [3.05, 3.63) is 67.8 Å². The number of hydrogen-bond donors (Lipinski definition) is 1. The minimum atomic E-state index is -0.527. The first-order valence-electron chi connectivity index (χ1n) is 7.75. The highest BCUT2D eigenvalue weighted by Crippen LogP contribution is 2.29. The number of thioether (sulfide) groups is 1. The second-order valence-electron chi connectivity index (χ2n) is 5.56. The minimum Gasteiger partial charge on any atom is -0.490 e. The summed E-state index contributed by atoms with van der Waals surface area (Å²) in [7, 11) is 1.36. The number of benzene rings is 2. The molecule has 0 bridgehead atoms. The van der Waals surface area contributed by atoms with E-state index in [1.54, 1.807) is 19.1 Å². The lowest BCUT2D eigenvalue weighted by Crippen LogP contribution is -2.15. The molecule has 0 saturated heterocycles. The molecule has 27 heavy (non-hydrogen) atoms. The summed E-state index contributed by atoms with van der Waals surface area (Å²) in [6.07, 6.45) is 0. The maximum atomic E-state index is 12.1. The summed E-state index contributed by atoms with van der Waals surface area (Å²) < 4.78 is 4.95. The van der Waals surface area contributed by atoms with E-state index >= 15 is 0 Å².